The zero-order chi connectivity index (χ0) is 13.5. The first kappa shape index (κ1) is 14.8. The van der Waals surface area contributed by atoms with Crippen molar-refractivity contribution < 1.29 is 9.53 Å². The second-order valence-corrected chi connectivity index (χ2v) is 6.15. The summed E-state index contributed by atoms with van der Waals surface area (Å²) >= 11 is 0. The van der Waals surface area contributed by atoms with Gasteiger partial charge in [0, 0.05) is 26.2 Å². The molecule has 4 nitrogen and oxygen atoms in total. The van der Waals surface area contributed by atoms with Crippen LogP contribution < -0.4 is 10.6 Å². The predicted molar refractivity (Wildman–Crippen MR) is 75.9 cm³/mol. The lowest BCUT2D eigenvalue weighted by Crippen LogP contribution is -2.37. The van der Waals surface area contributed by atoms with Crippen molar-refractivity contribution >= 4 is 5.91 Å². The van der Waals surface area contributed by atoms with E-state index in [4.69, 9.17) is 4.74 Å². The molecule has 2 atom stereocenters. The molecule has 0 saturated carbocycles. The number of hydrogen-bond acceptors (Lipinski definition) is 3. The molecule has 2 fully saturated rings. The minimum atomic E-state index is 0.226. The highest BCUT2D eigenvalue weighted by atomic mass is 16.5. The monoisotopic (exact) mass is 268 g/mol. The Morgan fingerprint density at radius 3 is 2.84 bits per heavy atom. The highest BCUT2D eigenvalue weighted by Crippen LogP contribution is 2.22. The third-order valence-corrected chi connectivity index (χ3v) is 4.58. The molecule has 2 aliphatic heterocycles. The van der Waals surface area contributed by atoms with Crippen LogP contribution in [0, 0.1) is 17.8 Å². The molecule has 0 aliphatic carbocycles. The molecule has 2 rings (SSSR count). The lowest BCUT2D eigenvalue weighted by Gasteiger charge is -2.28. The van der Waals surface area contributed by atoms with Crippen LogP contribution in [0.15, 0.2) is 0 Å². The normalized spacial score (nSPS) is 26.9. The second kappa shape index (κ2) is 7.85. The van der Waals surface area contributed by atoms with Gasteiger partial charge < -0.3 is 15.4 Å². The van der Waals surface area contributed by atoms with E-state index in [1.807, 2.05) is 0 Å². The van der Waals surface area contributed by atoms with Crippen molar-refractivity contribution in [2.45, 2.75) is 39.0 Å². The van der Waals surface area contributed by atoms with Crippen LogP contribution in [0.5, 0.6) is 0 Å². The van der Waals surface area contributed by atoms with Crippen molar-refractivity contribution in [3.8, 4) is 0 Å². The van der Waals surface area contributed by atoms with Crippen LogP contribution >= 0.6 is 0 Å². The van der Waals surface area contributed by atoms with Gasteiger partial charge in [-0.05, 0) is 56.5 Å². The molecule has 0 spiro atoms. The number of nitrogens with one attached hydrogen (secondary N) is 2. The summed E-state index contributed by atoms with van der Waals surface area (Å²) < 4.78 is 5.33. The summed E-state index contributed by atoms with van der Waals surface area (Å²) in [5.74, 6) is 2.00. The summed E-state index contributed by atoms with van der Waals surface area (Å²) in [4.78, 5) is 12.0. The number of piperidine rings is 1. The van der Waals surface area contributed by atoms with Gasteiger partial charge in [0.1, 0.15) is 0 Å². The molecule has 2 unspecified atom stereocenters. The molecule has 0 aromatic carbocycles. The Kier molecular flexibility index (Phi) is 6.11. The van der Waals surface area contributed by atoms with E-state index in [0.29, 0.717) is 24.2 Å². The number of amides is 1. The molecule has 2 N–H and O–H groups in total. The van der Waals surface area contributed by atoms with Crippen LogP contribution in [0.2, 0.25) is 0 Å². The van der Waals surface area contributed by atoms with Gasteiger partial charge in [-0.25, -0.2) is 0 Å². The number of rotatable bonds is 5. The molecule has 2 aliphatic rings. The predicted octanol–water partition coefficient (Wildman–Crippen LogP) is 1.56. The lowest BCUT2D eigenvalue weighted by molar-refractivity contribution is -0.122. The SMILES string of the molecule is CC(CC(=O)NCC1CCOCC1)C1CCCNC1. The standard InChI is InChI=1S/C15H28N2O2/c1-12(14-3-2-6-16-11-14)9-15(18)17-10-13-4-7-19-8-5-13/h12-14,16H,2-11H2,1H3,(H,17,18). The van der Waals surface area contributed by atoms with E-state index in [1.54, 1.807) is 0 Å². The Balaban J connectivity index is 1.62. The largest absolute Gasteiger partial charge is 0.381 e. The van der Waals surface area contributed by atoms with Crippen molar-refractivity contribution in [1.82, 2.24) is 10.6 Å². The lowest BCUT2D eigenvalue weighted by atomic mass is 9.85. The first-order valence-electron chi connectivity index (χ1n) is 7.81. The number of ether oxygens (including phenoxy) is 1. The van der Waals surface area contributed by atoms with Crippen molar-refractivity contribution in [3.63, 3.8) is 0 Å². The van der Waals surface area contributed by atoms with Gasteiger partial charge in [-0.1, -0.05) is 6.92 Å². The van der Waals surface area contributed by atoms with E-state index in [1.165, 1.54) is 12.8 Å². The number of hydrogen-bond donors (Lipinski definition) is 2. The van der Waals surface area contributed by atoms with E-state index >= 15 is 0 Å². The Morgan fingerprint density at radius 1 is 1.37 bits per heavy atom. The van der Waals surface area contributed by atoms with Gasteiger partial charge in [0.05, 0.1) is 0 Å². The summed E-state index contributed by atoms with van der Waals surface area (Å²) in [5, 5.41) is 6.53. The molecule has 2 heterocycles. The van der Waals surface area contributed by atoms with Crippen molar-refractivity contribution in [2.24, 2.45) is 17.8 Å². The van der Waals surface area contributed by atoms with E-state index in [-0.39, 0.29) is 5.91 Å². The molecular formula is C15H28N2O2. The first-order chi connectivity index (χ1) is 9.25. The molecule has 0 bridgehead atoms. The van der Waals surface area contributed by atoms with Crippen LogP contribution in [0.25, 0.3) is 0 Å². The van der Waals surface area contributed by atoms with Crippen LogP contribution in [-0.4, -0.2) is 38.8 Å². The molecule has 19 heavy (non-hydrogen) atoms. The molecule has 0 radical (unpaired) electrons. The molecule has 4 heteroatoms. The van der Waals surface area contributed by atoms with Crippen molar-refractivity contribution in [2.75, 3.05) is 32.8 Å². The van der Waals surface area contributed by atoms with E-state index in [0.717, 1.165) is 45.7 Å². The summed E-state index contributed by atoms with van der Waals surface area (Å²) in [7, 11) is 0. The summed E-state index contributed by atoms with van der Waals surface area (Å²) in [6.45, 7) is 6.96. The molecule has 0 aromatic rings. The maximum Gasteiger partial charge on any atom is 0.220 e. The van der Waals surface area contributed by atoms with Crippen LogP contribution in [0.3, 0.4) is 0 Å². The Bertz CT molecular complexity index is 271. The first-order valence-corrected chi connectivity index (χ1v) is 7.81. The zero-order valence-electron chi connectivity index (χ0n) is 12.1. The highest BCUT2D eigenvalue weighted by Gasteiger charge is 2.22. The van der Waals surface area contributed by atoms with Gasteiger partial charge in [0.25, 0.3) is 0 Å². The van der Waals surface area contributed by atoms with Crippen LogP contribution in [-0.2, 0) is 9.53 Å². The van der Waals surface area contributed by atoms with Gasteiger partial charge in [0.2, 0.25) is 5.91 Å². The average Bonchev–Trinajstić information content (AvgIpc) is 2.47. The molecule has 110 valence electrons. The van der Waals surface area contributed by atoms with Gasteiger partial charge in [0.15, 0.2) is 0 Å². The van der Waals surface area contributed by atoms with E-state index in [9.17, 15) is 4.79 Å². The quantitative estimate of drug-likeness (QED) is 0.795. The third kappa shape index (κ3) is 5.11. The fourth-order valence-electron chi connectivity index (χ4n) is 3.10. The van der Waals surface area contributed by atoms with Crippen molar-refractivity contribution in [1.29, 1.82) is 0 Å². The molecule has 0 aromatic heterocycles. The van der Waals surface area contributed by atoms with Crippen molar-refractivity contribution in [3.05, 3.63) is 0 Å². The fourth-order valence-corrected chi connectivity index (χ4v) is 3.10. The van der Waals surface area contributed by atoms with Crippen LogP contribution in [0.1, 0.15) is 39.0 Å². The fraction of sp³-hybridized carbons (Fsp3) is 0.933. The zero-order valence-corrected chi connectivity index (χ0v) is 12.1. The summed E-state index contributed by atoms with van der Waals surface area (Å²) in [6, 6.07) is 0. The average molecular weight is 268 g/mol. The molecular weight excluding hydrogens is 240 g/mol. The molecule has 2 saturated heterocycles. The second-order valence-electron chi connectivity index (χ2n) is 6.15. The van der Waals surface area contributed by atoms with E-state index < -0.39 is 0 Å². The highest BCUT2D eigenvalue weighted by molar-refractivity contribution is 5.76. The number of carbonyl (C=O) groups is 1. The Morgan fingerprint density at radius 2 is 2.16 bits per heavy atom. The summed E-state index contributed by atoms with van der Waals surface area (Å²) in [5.41, 5.74) is 0. The smallest absolute Gasteiger partial charge is 0.220 e. The van der Waals surface area contributed by atoms with Gasteiger partial charge in [-0.3, -0.25) is 4.79 Å². The topological polar surface area (TPSA) is 50.4 Å². The van der Waals surface area contributed by atoms with E-state index in [2.05, 4.69) is 17.6 Å². The molecule has 1 amide bonds. The van der Waals surface area contributed by atoms with Crippen LogP contribution in [0.4, 0.5) is 0 Å². The minimum absolute atomic E-state index is 0.226. The van der Waals surface area contributed by atoms with Gasteiger partial charge >= 0.3 is 0 Å². The maximum absolute atomic E-state index is 12.0. The van der Waals surface area contributed by atoms with Gasteiger partial charge in [-0.15, -0.1) is 0 Å². The van der Waals surface area contributed by atoms with Gasteiger partial charge in [-0.2, -0.15) is 0 Å². The minimum Gasteiger partial charge on any atom is -0.381 e. The third-order valence-electron chi connectivity index (χ3n) is 4.58. The Labute approximate surface area is 116 Å². The Hall–Kier alpha value is -0.610. The number of carbonyl (C=O) groups excluding carboxylic acids is 1. The summed E-state index contributed by atoms with van der Waals surface area (Å²) in [6.07, 6.45) is 5.36. The maximum atomic E-state index is 12.0.